The van der Waals surface area contributed by atoms with E-state index in [0.717, 1.165) is 10.4 Å². The number of carbonyl (C=O) groups excluding carboxylic acids is 1. The maximum atomic E-state index is 11.8. The van der Waals surface area contributed by atoms with Gasteiger partial charge in [-0.15, -0.1) is 11.3 Å². The van der Waals surface area contributed by atoms with Crippen molar-refractivity contribution < 1.29 is 4.79 Å². The first kappa shape index (κ1) is 10.8. The quantitative estimate of drug-likeness (QED) is 0.884. The Labute approximate surface area is 98.2 Å². The van der Waals surface area contributed by atoms with Gasteiger partial charge in [-0.2, -0.15) is 0 Å². The van der Waals surface area contributed by atoms with E-state index in [0.29, 0.717) is 0 Å². The van der Waals surface area contributed by atoms with Crippen LogP contribution in [0.4, 0.5) is 0 Å². The summed E-state index contributed by atoms with van der Waals surface area (Å²) >= 11 is 1.44. The van der Waals surface area contributed by atoms with Gasteiger partial charge >= 0.3 is 0 Å². The summed E-state index contributed by atoms with van der Waals surface area (Å²) in [6, 6.07) is 7.48. The number of pyridine rings is 1. The van der Waals surface area contributed by atoms with Gasteiger partial charge in [-0.05, 0) is 30.0 Å². The van der Waals surface area contributed by atoms with Crippen molar-refractivity contribution in [1.82, 2.24) is 10.3 Å². The Bertz CT molecular complexity index is 453. The Hall–Kier alpha value is -1.68. The van der Waals surface area contributed by atoms with Gasteiger partial charge in [0, 0.05) is 12.4 Å². The molecule has 0 aromatic carbocycles. The molecule has 0 unspecified atom stereocenters. The van der Waals surface area contributed by atoms with E-state index in [1.165, 1.54) is 11.3 Å². The van der Waals surface area contributed by atoms with E-state index in [-0.39, 0.29) is 11.9 Å². The lowest BCUT2D eigenvalue weighted by molar-refractivity contribution is 0.0944. The maximum Gasteiger partial charge on any atom is 0.261 e. The van der Waals surface area contributed by atoms with Crippen LogP contribution in [0.2, 0.25) is 0 Å². The molecule has 0 fully saturated rings. The maximum absolute atomic E-state index is 11.8. The molecule has 82 valence electrons. The van der Waals surface area contributed by atoms with Gasteiger partial charge in [0.05, 0.1) is 10.9 Å². The fourth-order valence-corrected chi connectivity index (χ4v) is 2.02. The van der Waals surface area contributed by atoms with E-state index in [1.54, 1.807) is 12.4 Å². The molecule has 4 heteroatoms. The summed E-state index contributed by atoms with van der Waals surface area (Å²) in [6.07, 6.45) is 3.48. The summed E-state index contributed by atoms with van der Waals surface area (Å²) in [7, 11) is 0. The van der Waals surface area contributed by atoms with Crippen LogP contribution in [0.15, 0.2) is 42.0 Å². The third kappa shape index (κ3) is 2.46. The molecule has 0 aliphatic rings. The number of amides is 1. The van der Waals surface area contributed by atoms with Crippen molar-refractivity contribution in [2.75, 3.05) is 0 Å². The van der Waals surface area contributed by atoms with Crippen LogP contribution < -0.4 is 5.32 Å². The van der Waals surface area contributed by atoms with Crippen molar-refractivity contribution in [2.24, 2.45) is 0 Å². The highest BCUT2D eigenvalue weighted by Gasteiger charge is 2.11. The molecular weight excluding hydrogens is 220 g/mol. The van der Waals surface area contributed by atoms with Crippen molar-refractivity contribution in [3.8, 4) is 0 Å². The SMILES string of the molecule is C[C@H](NC(=O)c1cccs1)c1cccnc1. The normalized spacial score (nSPS) is 12.1. The second-order valence-electron chi connectivity index (χ2n) is 3.46. The van der Waals surface area contributed by atoms with Crippen LogP contribution in [0.3, 0.4) is 0 Å². The number of hydrogen-bond acceptors (Lipinski definition) is 3. The predicted molar refractivity (Wildman–Crippen MR) is 64.4 cm³/mol. The van der Waals surface area contributed by atoms with E-state index in [2.05, 4.69) is 10.3 Å². The summed E-state index contributed by atoms with van der Waals surface area (Å²) in [5.41, 5.74) is 1.01. The van der Waals surface area contributed by atoms with Crippen LogP contribution in [-0.2, 0) is 0 Å². The van der Waals surface area contributed by atoms with Gasteiger partial charge in [0.15, 0.2) is 0 Å². The average Bonchev–Trinajstić information content (AvgIpc) is 2.83. The lowest BCUT2D eigenvalue weighted by Gasteiger charge is -2.12. The minimum atomic E-state index is -0.0358. The Morgan fingerprint density at radius 2 is 2.31 bits per heavy atom. The molecule has 2 rings (SSSR count). The topological polar surface area (TPSA) is 42.0 Å². The second kappa shape index (κ2) is 4.90. The van der Waals surface area contributed by atoms with Crippen molar-refractivity contribution >= 4 is 17.2 Å². The van der Waals surface area contributed by atoms with Crippen molar-refractivity contribution in [3.05, 3.63) is 52.5 Å². The first-order valence-electron chi connectivity index (χ1n) is 5.01. The summed E-state index contributed by atoms with van der Waals surface area (Å²) in [6.45, 7) is 1.95. The molecule has 2 aromatic heterocycles. The van der Waals surface area contributed by atoms with Gasteiger partial charge in [0.1, 0.15) is 0 Å². The van der Waals surface area contributed by atoms with Crippen LogP contribution in [0.25, 0.3) is 0 Å². The number of carbonyl (C=O) groups is 1. The molecule has 0 spiro atoms. The standard InChI is InChI=1S/C12H12N2OS/c1-9(10-4-2-6-13-8-10)14-12(15)11-5-3-7-16-11/h2-9H,1H3,(H,14,15)/t9-/m0/s1. The first-order valence-corrected chi connectivity index (χ1v) is 5.89. The summed E-state index contributed by atoms with van der Waals surface area (Å²) < 4.78 is 0. The zero-order valence-corrected chi connectivity index (χ0v) is 9.70. The molecule has 3 nitrogen and oxygen atoms in total. The van der Waals surface area contributed by atoms with Gasteiger partial charge in [0.25, 0.3) is 5.91 Å². The van der Waals surface area contributed by atoms with Gasteiger partial charge in [0.2, 0.25) is 0 Å². The van der Waals surface area contributed by atoms with E-state index >= 15 is 0 Å². The lowest BCUT2D eigenvalue weighted by Crippen LogP contribution is -2.25. The van der Waals surface area contributed by atoms with Gasteiger partial charge < -0.3 is 5.32 Å². The number of thiophene rings is 1. The molecule has 2 heterocycles. The highest BCUT2D eigenvalue weighted by molar-refractivity contribution is 7.12. The van der Waals surface area contributed by atoms with E-state index < -0.39 is 0 Å². The number of aromatic nitrogens is 1. The molecule has 0 bridgehead atoms. The summed E-state index contributed by atoms with van der Waals surface area (Å²) in [5.74, 6) is -0.0358. The second-order valence-corrected chi connectivity index (χ2v) is 4.41. The van der Waals surface area contributed by atoms with Crippen LogP contribution in [0, 0.1) is 0 Å². The molecule has 0 aliphatic carbocycles. The van der Waals surface area contributed by atoms with Crippen LogP contribution in [0.1, 0.15) is 28.2 Å². The highest BCUT2D eigenvalue weighted by atomic mass is 32.1. The zero-order valence-electron chi connectivity index (χ0n) is 8.88. The molecule has 0 saturated heterocycles. The first-order chi connectivity index (χ1) is 7.77. The third-order valence-corrected chi connectivity index (χ3v) is 3.15. The van der Waals surface area contributed by atoms with Crippen molar-refractivity contribution in [3.63, 3.8) is 0 Å². The monoisotopic (exact) mass is 232 g/mol. The van der Waals surface area contributed by atoms with Crippen LogP contribution in [-0.4, -0.2) is 10.9 Å². The Morgan fingerprint density at radius 1 is 1.44 bits per heavy atom. The fraction of sp³-hybridized carbons (Fsp3) is 0.167. The lowest BCUT2D eigenvalue weighted by atomic mass is 10.1. The van der Waals surface area contributed by atoms with Gasteiger partial charge in [-0.25, -0.2) is 0 Å². The van der Waals surface area contributed by atoms with E-state index in [1.807, 2.05) is 36.6 Å². The molecular formula is C12H12N2OS. The number of hydrogen-bond donors (Lipinski definition) is 1. The minimum Gasteiger partial charge on any atom is -0.345 e. The number of nitrogens with zero attached hydrogens (tertiary/aromatic N) is 1. The predicted octanol–water partition coefficient (Wildman–Crippen LogP) is 2.63. The fourth-order valence-electron chi connectivity index (χ4n) is 1.39. The molecule has 1 N–H and O–H groups in total. The summed E-state index contributed by atoms with van der Waals surface area (Å²) in [4.78, 5) is 16.5. The Kier molecular flexibility index (Phi) is 3.31. The van der Waals surface area contributed by atoms with Crippen LogP contribution in [0.5, 0.6) is 0 Å². The molecule has 0 saturated carbocycles. The Morgan fingerprint density at radius 3 is 2.94 bits per heavy atom. The van der Waals surface area contributed by atoms with E-state index in [4.69, 9.17) is 0 Å². The molecule has 2 aromatic rings. The van der Waals surface area contributed by atoms with Crippen LogP contribution >= 0.6 is 11.3 Å². The smallest absolute Gasteiger partial charge is 0.261 e. The van der Waals surface area contributed by atoms with Crippen molar-refractivity contribution in [2.45, 2.75) is 13.0 Å². The van der Waals surface area contributed by atoms with E-state index in [9.17, 15) is 4.79 Å². The molecule has 1 atom stereocenters. The average molecular weight is 232 g/mol. The van der Waals surface area contributed by atoms with Crippen molar-refractivity contribution in [1.29, 1.82) is 0 Å². The van der Waals surface area contributed by atoms with Gasteiger partial charge in [-0.3, -0.25) is 9.78 Å². The molecule has 1 amide bonds. The molecule has 0 radical (unpaired) electrons. The third-order valence-electron chi connectivity index (χ3n) is 2.28. The van der Waals surface area contributed by atoms with Gasteiger partial charge in [-0.1, -0.05) is 12.1 Å². The Balaban J connectivity index is 2.03. The summed E-state index contributed by atoms with van der Waals surface area (Å²) in [5, 5.41) is 4.82. The zero-order chi connectivity index (χ0) is 11.4. The largest absolute Gasteiger partial charge is 0.345 e. The molecule has 0 aliphatic heterocycles. The number of rotatable bonds is 3. The minimum absolute atomic E-state index is 0.0247. The number of nitrogens with one attached hydrogen (secondary N) is 1. The molecule has 16 heavy (non-hydrogen) atoms. The highest BCUT2D eigenvalue weighted by Crippen LogP contribution is 2.13.